The van der Waals surface area contributed by atoms with Crippen LogP contribution in [0.25, 0.3) is 43.1 Å². The van der Waals surface area contributed by atoms with Gasteiger partial charge in [-0.25, -0.2) is 0 Å². The molecule has 0 amide bonds. The van der Waals surface area contributed by atoms with E-state index in [4.69, 9.17) is 0 Å². The van der Waals surface area contributed by atoms with Gasteiger partial charge in [0.05, 0.1) is 0 Å². The molecule has 8 aromatic rings. The van der Waals surface area contributed by atoms with Gasteiger partial charge in [0, 0.05) is 0 Å². The van der Waals surface area contributed by atoms with Crippen LogP contribution in [0.5, 0.6) is 0 Å². The van der Waals surface area contributed by atoms with Crippen molar-refractivity contribution in [2.75, 3.05) is 49.3 Å². The van der Waals surface area contributed by atoms with E-state index in [1.165, 1.54) is 92.4 Å². The summed E-state index contributed by atoms with van der Waals surface area (Å²) in [5.74, 6) is 6.39. The van der Waals surface area contributed by atoms with Crippen LogP contribution in [0, 0.1) is 47.3 Å². The first-order valence-corrected chi connectivity index (χ1v) is 34.7. The minimum Gasteiger partial charge on any atom is -1.00 e. The molecule has 0 N–H and O–H groups in total. The average Bonchev–Trinajstić information content (AvgIpc) is 4.12. The topological polar surface area (TPSA) is 0 Å². The fourth-order valence-corrected chi connectivity index (χ4v) is 21.8. The predicted octanol–water partition coefficient (Wildman–Crippen LogP) is 13.9. The molecule has 8 rings (SSSR count). The maximum atomic E-state index is 2.42. The summed E-state index contributed by atoms with van der Waals surface area (Å²) in [5.41, 5.74) is 0. The Hall–Kier alpha value is -0.614. The predicted molar refractivity (Wildman–Crippen MR) is 342 cm³/mol. The fraction of sp³-hybridized carbons (Fsp3) is 0.471. The van der Waals surface area contributed by atoms with Gasteiger partial charge in [0.2, 0.25) is 0 Å². The Kier molecular flexibility index (Phi) is 36.2. The molecule has 76 heavy (non-hydrogen) atoms. The molecular weight excluding hydrogens is 1190 g/mol. The summed E-state index contributed by atoms with van der Waals surface area (Å²) in [7, 11) is 0.0741. The summed E-state index contributed by atoms with van der Waals surface area (Å²) < 4.78 is 0. The first kappa shape index (κ1) is 73.4. The molecule has 0 heterocycles. The van der Waals surface area contributed by atoms with Gasteiger partial charge in [0.1, 0.15) is 0 Å². The molecule has 0 aliphatic heterocycles. The molecule has 0 nitrogen and oxygen atoms in total. The largest absolute Gasteiger partial charge is 2.00 e. The van der Waals surface area contributed by atoms with Crippen LogP contribution in [0.3, 0.4) is 0 Å². The number of benzene rings is 4. The van der Waals surface area contributed by atoms with Gasteiger partial charge in [0.15, 0.2) is 0 Å². The van der Waals surface area contributed by atoms with Crippen molar-refractivity contribution in [1.29, 1.82) is 0 Å². The monoisotopic (exact) mass is 1290 g/mol. The number of rotatable bonds is 20. The second-order valence-corrected chi connectivity index (χ2v) is 33.4. The van der Waals surface area contributed by atoms with Crippen molar-refractivity contribution in [1.82, 2.24) is 0 Å². The van der Waals surface area contributed by atoms with E-state index in [9.17, 15) is 0 Å². The van der Waals surface area contributed by atoms with E-state index in [0.29, 0.717) is 0 Å². The smallest absolute Gasteiger partial charge is 1.00 e. The molecule has 0 aliphatic rings. The Labute approximate surface area is 521 Å². The molecule has 8 heteroatoms. The third-order valence-corrected chi connectivity index (χ3v) is 25.9. The number of hydrogen-bond acceptors (Lipinski definition) is 0. The zero-order valence-corrected chi connectivity index (χ0v) is 59.7. The molecule has 0 saturated heterocycles. The molecule has 0 spiro atoms. The molecule has 0 aromatic heterocycles. The molecule has 0 atom stereocenters. The maximum Gasteiger partial charge on any atom is 2.00 e. The molecule has 0 bridgehead atoms. The Bertz CT molecular complexity index is 2200. The Morgan fingerprint density at radius 1 is 0.263 bits per heavy atom. The molecular formula is C68H96Cl2P4Zr2-2. The average molecular weight is 1290 g/mol. The van der Waals surface area contributed by atoms with Crippen LogP contribution in [0.1, 0.15) is 111 Å². The third-order valence-electron chi connectivity index (χ3n) is 12.6. The van der Waals surface area contributed by atoms with Gasteiger partial charge in [-0.3, -0.25) is 0 Å². The summed E-state index contributed by atoms with van der Waals surface area (Å²) in [6, 6.07) is 54.4. The molecule has 0 aliphatic carbocycles. The third kappa shape index (κ3) is 25.3. The van der Waals surface area contributed by atoms with E-state index in [2.05, 4.69) is 256 Å². The second kappa shape index (κ2) is 37.5. The minimum atomic E-state index is 0. The van der Waals surface area contributed by atoms with Crippen LogP contribution in [0.4, 0.5) is 0 Å². The summed E-state index contributed by atoms with van der Waals surface area (Å²) >= 11 is 0. The van der Waals surface area contributed by atoms with Gasteiger partial charge >= 0.3 is 52.4 Å². The SMILES string of the molecule is CC(C)CP(CC(C)C)c1cc2ccccc2[cH-]1.CC(C)CP(CC(C)C)c1cc2ccccc2[cH-]1.CC(C)CP(CC(C)C)c1cc2ccccc2[cH-]1.CC(C)CP(CC(C)C)c1cc2ccccc2[cH-]1.[Cl-].[Cl-].[Zr+2].[Zr+2]. The number of hydrogen-bond donors (Lipinski definition) is 0. The van der Waals surface area contributed by atoms with Crippen LogP contribution >= 0.6 is 31.7 Å². The maximum absolute atomic E-state index is 2.42. The normalized spacial score (nSPS) is 11.5. The summed E-state index contributed by atoms with van der Waals surface area (Å²) in [4.78, 5) is 0. The summed E-state index contributed by atoms with van der Waals surface area (Å²) in [6.45, 7) is 37.5. The van der Waals surface area contributed by atoms with E-state index in [1.54, 1.807) is 21.2 Å². The van der Waals surface area contributed by atoms with Crippen LogP contribution in [0.2, 0.25) is 0 Å². The van der Waals surface area contributed by atoms with Crippen molar-refractivity contribution in [3.05, 3.63) is 146 Å². The standard InChI is InChI=1S/4C17H24P.2ClH.2Zr/c4*1-13(2)11-18(12-14(3)4)17-9-15-7-5-6-8-16(15)10-17;;;;/h4*5-10,13-14H,11-12H2,1-4H3;2*1H;;/q4*-1;;;2*+2/p-2. The van der Waals surface area contributed by atoms with Gasteiger partial charge in [-0.2, -0.15) is 24.3 Å². The summed E-state index contributed by atoms with van der Waals surface area (Å²) in [6.07, 6.45) is 10.9. The number of fused-ring (bicyclic) bond motifs is 4. The van der Waals surface area contributed by atoms with E-state index in [-0.39, 0.29) is 109 Å². The quantitative estimate of drug-likeness (QED) is 0.0527. The number of halogens is 2. The van der Waals surface area contributed by atoms with Gasteiger partial charge in [0.25, 0.3) is 0 Å². The molecule has 0 saturated carbocycles. The summed E-state index contributed by atoms with van der Waals surface area (Å²) in [5, 5.41) is 17.7. The van der Waals surface area contributed by atoms with Crippen LogP contribution < -0.4 is 46.0 Å². The van der Waals surface area contributed by atoms with Crippen molar-refractivity contribution in [2.24, 2.45) is 47.3 Å². The van der Waals surface area contributed by atoms with E-state index >= 15 is 0 Å². The van der Waals surface area contributed by atoms with Gasteiger partial charge < -0.3 is 24.8 Å². The fourth-order valence-electron chi connectivity index (χ4n) is 9.93. The first-order chi connectivity index (χ1) is 34.2. The van der Waals surface area contributed by atoms with E-state index < -0.39 is 0 Å². The van der Waals surface area contributed by atoms with E-state index in [1.807, 2.05) is 0 Å². The van der Waals surface area contributed by atoms with Gasteiger partial charge in [-0.1, -0.05) is 167 Å². The Balaban J connectivity index is 0.000000498. The molecule has 0 unspecified atom stereocenters. The van der Waals surface area contributed by atoms with E-state index in [0.717, 1.165) is 47.3 Å². The van der Waals surface area contributed by atoms with Crippen molar-refractivity contribution in [3.63, 3.8) is 0 Å². The Morgan fingerprint density at radius 2 is 0.408 bits per heavy atom. The van der Waals surface area contributed by atoms with Crippen molar-refractivity contribution < 1.29 is 77.2 Å². The van der Waals surface area contributed by atoms with Crippen molar-refractivity contribution >= 4 is 96.0 Å². The van der Waals surface area contributed by atoms with Crippen molar-refractivity contribution in [2.45, 2.75) is 111 Å². The van der Waals surface area contributed by atoms with Crippen molar-refractivity contribution in [3.8, 4) is 0 Å². The molecule has 0 fully saturated rings. The minimum absolute atomic E-state index is 0. The zero-order chi connectivity index (χ0) is 52.5. The Morgan fingerprint density at radius 3 is 0.539 bits per heavy atom. The van der Waals surface area contributed by atoms with Crippen LogP contribution in [-0.2, 0) is 52.4 Å². The van der Waals surface area contributed by atoms with Gasteiger partial charge in [-0.05, 0) is 96.6 Å². The second-order valence-electron chi connectivity index (χ2n) is 24.1. The first-order valence-electron chi connectivity index (χ1n) is 27.9. The van der Waals surface area contributed by atoms with Crippen LogP contribution in [0.15, 0.2) is 146 Å². The molecule has 0 radical (unpaired) electrons. The zero-order valence-electron chi connectivity index (χ0n) is 49.7. The molecule has 8 aromatic carbocycles. The van der Waals surface area contributed by atoms with Gasteiger partial charge in [-0.15, -0.1) is 161 Å². The molecule has 412 valence electrons. The van der Waals surface area contributed by atoms with Crippen LogP contribution in [-0.4, -0.2) is 49.3 Å².